The monoisotopic (exact) mass is 491 g/mol. The van der Waals surface area contributed by atoms with Crippen LogP contribution in [0, 0.1) is 0 Å². The van der Waals surface area contributed by atoms with Crippen molar-refractivity contribution in [2.45, 2.75) is 34.1 Å². The number of hydrogen-bond donors (Lipinski definition) is 1. The molecule has 0 aliphatic carbocycles. The first-order chi connectivity index (χ1) is 16.6. The van der Waals surface area contributed by atoms with Crippen molar-refractivity contribution in [3.63, 3.8) is 0 Å². The summed E-state index contributed by atoms with van der Waals surface area (Å²) in [4.78, 5) is 1.62. The maximum atomic E-state index is 9.19. The highest BCUT2D eigenvalue weighted by molar-refractivity contribution is 7.85. The number of nitrogens with zero attached hydrogens (tertiary/aromatic N) is 3. The quantitative estimate of drug-likeness (QED) is 0.180. The molecule has 4 aromatic rings. The number of anilines is 1. The van der Waals surface area contributed by atoms with Gasteiger partial charge >= 0.3 is 0 Å². The molecule has 0 spiro atoms. The molecule has 0 heterocycles. The molecule has 4 rings (SSSR count). The number of fused-ring (bicyclic) bond motifs is 2. The zero-order chi connectivity index (χ0) is 26.4. The van der Waals surface area contributed by atoms with Gasteiger partial charge in [0.1, 0.15) is 0 Å². The van der Waals surface area contributed by atoms with Gasteiger partial charge in [-0.3, -0.25) is 4.55 Å². The Morgan fingerprint density at radius 2 is 1.34 bits per heavy atom. The highest BCUT2D eigenvalue weighted by Gasteiger charge is 2.06. The van der Waals surface area contributed by atoms with Crippen LogP contribution in [-0.2, 0) is 10.1 Å². The fourth-order valence-electron chi connectivity index (χ4n) is 3.01. The highest BCUT2D eigenvalue weighted by Crippen LogP contribution is 2.34. The summed E-state index contributed by atoms with van der Waals surface area (Å²) in [5, 5.41) is 13.3. The second-order valence-corrected chi connectivity index (χ2v) is 8.90. The van der Waals surface area contributed by atoms with Crippen LogP contribution in [-0.4, -0.2) is 34.3 Å². The Morgan fingerprint density at radius 3 is 1.91 bits per heavy atom. The normalized spacial score (nSPS) is 10.5. The van der Waals surface area contributed by atoms with Gasteiger partial charge in [0.25, 0.3) is 10.1 Å². The van der Waals surface area contributed by atoms with Crippen molar-refractivity contribution in [3.05, 3.63) is 78.9 Å². The van der Waals surface area contributed by atoms with Gasteiger partial charge in [-0.2, -0.15) is 13.5 Å². The summed E-state index contributed by atoms with van der Waals surface area (Å²) in [5.41, 5.74) is 2.62. The maximum absolute atomic E-state index is 9.19. The largest absolute Gasteiger partial charge is 0.427 e. The van der Waals surface area contributed by atoms with E-state index >= 15 is 0 Å². The predicted molar refractivity (Wildman–Crippen MR) is 151 cm³/mol. The third kappa shape index (κ3) is 10.3. The van der Waals surface area contributed by atoms with E-state index in [0.717, 1.165) is 33.2 Å². The third-order valence-electron chi connectivity index (χ3n) is 4.26. The molecule has 0 aliphatic rings. The Kier molecular flexibility index (Phi) is 12.7. The standard InChI is InChI=1S/C21H16BN3.C3H8.C2H6.CH4O3S/c1-25(22)21-13-12-20(18-8-4-5-9-19(18)21)24-23-17-11-10-15-6-2-3-7-16(15)14-17;1-3-2;1-2;1-5(2,3)4/h2-14H,1H3;3H2,1-2H3;1-2H3;1H3,(H,2,3,4). The molecule has 8 heteroatoms. The van der Waals surface area contributed by atoms with E-state index in [9.17, 15) is 8.42 Å². The molecular weight excluding hydrogens is 457 g/mol. The summed E-state index contributed by atoms with van der Waals surface area (Å²) in [7, 11) is 4.09. The highest BCUT2D eigenvalue weighted by atomic mass is 32.2. The average Bonchev–Trinajstić information content (AvgIpc) is 2.83. The number of rotatable bonds is 3. The zero-order valence-corrected chi connectivity index (χ0v) is 22.1. The lowest BCUT2D eigenvalue weighted by molar-refractivity contribution is 0.490. The molecular formula is C27H34BN3O3S. The molecule has 0 saturated carbocycles. The van der Waals surface area contributed by atoms with Crippen LogP contribution in [0.5, 0.6) is 0 Å². The molecule has 184 valence electrons. The van der Waals surface area contributed by atoms with Gasteiger partial charge in [0.15, 0.2) is 0 Å². The molecule has 0 atom stereocenters. The van der Waals surface area contributed by atoms with Gasteiger partial charge in [-0.05, 0) is 42.1 Å². The molecule has 35 heavy (non-hydrogen) atoms. The van der Waals surface area contributed by atoms with Crippen LogP contribution in [0.25, 0.3) is 21.5 Å². The Morgan fingerprint density at radius 1 is 0.829 bits per heavy atom. The Labute approximate surface area is 210 Å². The second-order valence-electron chi connectivity index (χ2n) is 7.43. The summed E-state index contributed by atoms with van der Waals surface area (Å²) in [5.74, 6) is 0. The fraction of sp³-hybridized carbons (Fsp3) is 0.259. The van der Waals surface area contributed by atoms with E-state index < -0.39 is 10.1 Å². The molecule has 6 nitrogen and oxygen atoms in total. The summed E-state index contributed by atoms with van der Waals surface area (Å²) < 4.78 is 25.9. The molecule has 0 fully saturated rings. The Bertz CT molecular complexity index is 1330. The molecule has 0 saturated heterocycles. The molecule has 4 aromatic carbocycles. The van der Waals surface area contributed by atoms with Crippen LogP contribution in [0.3, 0.4) is 0 Å². The Balaban J connectivity index is 0.000000530. The molecule has 0 bridgehead atoms. The summed E-state index contributed by atoms with van der Waals surface area (Å²) in [6, 6.07) is 26.3. The van der Waals surface area contributed by atoms with Crippen molar-refractivity contribution >= 4 is 56.7 Å². The van der Waals surface area contributed by atoms with Crippen molar-refractivity contribution in [1.82, 2.24) is 0 Å². The van der Waals surface area contributed by atoms with Crippen LogP contribution < -0.4 is 4.81 Å². The lowest BCUT2D eigenvalue weighted by Crippen LogP contribution is -2.11. The van der Waals surface area contributed by atoms with Gasteiger partial charge in [-0.1, -0.05) is 88.7 Å². The van der Waals surface area contributed by atoms with Crippen molar-refractivity contribution in [2.75, 3.05) is 18.1 Å². The van der Waals surface area contributed by atoms with Crippen molar-refractivity contribution in [2.24, 2.45) is 10.2 Å². The molecule has 0 unspecified atom stereocenters. The van der Waals surface area contributed by atoms with E-state index in [1.807, 2.05) is 81.6 Å². The zero-order valence-electron chi connectivity index (χ0n) is 21.3. The molecule has 0 aromatic heterocycles. The molecule has 0 amide bonds. The van der Waals surface area contributed by atoms with Gasteiger partial charge in [-0.15, -0.1) is 5.11 Å². The minimum atomic E-state index is -3.67. The lowest BCUT2D eigenvalue weighted by atomic mass is 10.0. The van der Waals surface area contributed by atoms with E-state index in [1.54, 1.807) is 4.81 Å². The maximum Gasteiger partial charge on any atom is 0.261 e. The smallest absolute Gasteiger partial charge is 0.261 e. The molecule has 0 aliphatic heterocycles. The van der Waals surface area contributed by atoms with Crippen molar-refractivity contribution in [3.8, 4) is 0 Å². The Hall–Kier alpha value is -3.23. The minimum absolute atomic E-state index is 0.715. The molecule has 2 radical (unpaired) electrons. The second kappa shape index (κ2) is 14.9. The van der Waals surface area contributed by atoms with Crippen LogP contribution in [0.15, 0.2) is 89.1 Å². The van der Waals surface area contributed by atoms with Gasteiger partial charge in [-0.25, -0.2) is 0 Å². The van der Waals surface area contributed by atoms with Gasteiger partial charge in [0.2, 0.25) is 7.98 Å². The molecule has 1 N–H and O–H groups in total. The van der Waals surface area contributed by atoms with Gasteiger partial charge in [0.05, 0.1) is 17.6 Å². The van der Waals surface area contributed by atoms with E-state index in [0.29, 0.717) is 6.26 Å². The number of azo groups is 1. The number of benzene rings is 4. The van der Waals surface area contributed by atoms with Crippen LogP contribution in [0.4, 0.5) is 17.1 Å². The topological polar surface area (TPSA) is 82.3 Å². The van der Waals surface area contributed by atoms with Crippen LogP contribution in [0.2, 0.25) is 0 Å². The van der Waals surface area contributed by atoms with E-state index in [1.165, 1.54) is 11.8 Å². The van der Waals surface area contributed by atoms with Gasteiger partial charge < -0.3 is 4.81 Å². The van der Waals surface area contributed by atoms with Crippen LogP contribution >= 0.6 is 0 Å². The number of hydrogen-bond acceptors (Lipinski definition) is 5. The van der Waals surface area contributed by atoms with E-state index in [4.69, 9.17) is 12.5 Å². The van der Waals surface area contributed by atoms with Gasteiger partial charge in [0, 0.05) is 16.5 Å². The summed E-state index contributed by atoms with van der Waals surface area (Å²) in [6.45, 7) is 8.25. The van der Waals surface area contributed by atoms with E-state index in [-0.39, 0.29) is 0 Å². The summed E-state index contributed by atoms with van der Waals surface area (Å²) >= 11 is 0. The van der Waals surface area contributed by atoms with Crippen molar-refractivity contribution < 1.29 is 13.0 Å². The average molecular weight is 491 g/mol. The first-order valence-corrected chi connectivity index (χ1v) is 13.3. The first kappa shape index (κ1) is 29.8. The third-order valence-corrected chi connectivity index (χ3v) is 4.26. The summed E-state index contributed by atoms with van der Waals surface area (Å²) in [6.07, 6.45) is 1.97. The van der Waals surface area contributed by atoms with Crippen LogP contribution in [0.1, 0.15) is 34.1 Å². The van der Waals surface area contributed by atoms with Crippen molar-refractivity contribution in [1.29, 1.82) is 0 Å². The lowest BCUT2D eigenvalue weighted by Gasteiger charge is -2.16. The SMILES string of the molecule is CC.CCC.CS(=O)(=O)O.[B]N(C)c1ccc(N=Nc2ccc3ccccc3c2)c2ccccc12. The minimum Gasteiger partial charge on any atom is -0.427 e. The van der Waals surface area contributed by atoms with E-state index in [2.05, 4.69) is 42.3 Å². The first-order valence-electron chi connectivity index (χ1n) is 11.5. The predicted octanol–water partition coefficient (Wildman–Crippen LogP) is 7.87. The fourth-order valence-corrected chi connectivity index (χ4v) is 3.01.